The van der Waals surface area contributed by atoms with Crippen LogP contribution in [0.5, 0.6) is 0 Å². The Morgan fingerprint density at radius 3 is 2.53 bits per heavy atom. The van der Waals surface area contributed by atoms with Crippen LogP contribution in [0, 0.1) is 5.82 Å². The molecule has 1 amide bonds. The van der Waals surface area contributed by atoms with Crippen LogP contribution in [0.3, 0.4) is 0 Å². The Morgan fingerprint density at radius 2 is 2.06 bits per heavy atom. The number of benzene rings is 1. The fourth-order valence-electron chi connectivity index (χ4n) is 1.24. The summed E-state index contributed by atoms with van der Waals surface area (Å²) < 4.78 is 12.8. The zero-order valence-electron chi connectivity index (χ0n) is 9.05. The first-order chi connectivity index (χ1) is 7.91. The van der Waals surface area contributed by atoms with Crippen LogP contribution in [-0.2, 0) is 4.79 Å². The monoisotopic (exact) mass is 241 g/mol. The fourth-order valence-corrected chi connectivity index (χ4v) is 1.24. The summed E-state index contributed by atoms with van der Waals surface area (Å²) in [6, 6.07) is 3.41. The third-order valence-corrected chi connectivity index (χ3v) is 2.12. The largest absolute Gasteiger partial charge is 0.480 e. The van der Waals surface area contributed by atoms with Gasteiger partial charge in [0.25, 0.3) is 5.91 Å². The van der Waals surface area contributed by atoms with Crippen LogP contribution < -0.4 is 5.32 Å². The molecule has 0 aliphatic heterocycles. The lowest BCUT2D eigenvalue weighted by Gasteiger charge is -2.16. The van der Waals surface area contributed by atoms with Crippen molar-refractivity contribution in [1.82, 2.24) is 5.32 Å². The first-order valence-electron chi connectivity index (χ1n) is 4.89. The van der Waals surface area contributed by atoms with Gasteiger partial charge >= 0.3 is 5.97 Å². The van der Waals surface area contributed by atoms with Crippen LogP contribution in [-0.4, -0.2) is 34.2 Å². The van der Waals surface area contributed by atoms with E-state index in [1.165, 1.54) is 25.1 Å². The molecule has 0 aliphatic rings. The summed E-state index contributed by atoms with van der Waals surface area (Å²) in [6.45, 7) is 1.24. The second-order valence-corrected chi connectivity index (χ2v) is 3.54. The Balaban J connectivity index is 2.81. The molecule has 1 rings (SSSR count). The van der Waals surface area contributed by atoms with Crippen molar-refractivity contribution in [2.24, 2.45) is 0 Å². The lowest BCUT2D eigenvalue weighted by atomic mass is 10.1. The molecular weight excluding hydrogens is 229 g/mol. The smallest absolute Gasteiger partial charge is 0.328 e. The highest BCUT2D eigenvalue weighted by Crippen LogP contribution is 2.04. The molecule has 2 unspecified atom stereocenters. The molecule has 3 N–H and O–H groups in total. The quantitative estimate of drug-likeness (QED) is 0.711. The van der Waals surface area contributed by atoms with Crippen molar-refractivity contribution in [3.8, 4) is 0 Å². The molecule has 1 aromatic rings. The minimum atomic E-state index is -1.43. The number of aliphatic hydroxyl groups excluding tert-OH is 1. The van der Waals surface area contributed by atoms with Crippen molar-refractivity contribution in [2.75, 3.05) is 0 Å². The maximum absolute atomic E-state index is 12.8. The molecule has 0 fully saturated rings. The highest BCUT2D eigenvalue weighted by Gasteiger charge is 2.25. The number of carbonyl (C=O) groups excluding carboxylic acids is 1. The summed E-state index contributed by atoms with van der Waals surface area (Å²) in [7, 11) is 0. The van der Waals surface area contributed by atoms with Gasteiger partial charge < -0.3 is 15.5 Å². The number of hydrogen-bond acceptors (Lipinski definition) is 3. The molecular formula is C11H12FNO4. The third kappa shape index (κ3) is 3.53. The number of amides is 1. The average molecular weight is 241 g/mol. The fraction of sp³-hybridized carbons (Fsp3) is 0.273. The van der Waals surface area contributed by atoms with Crippen molar-refractivity contribution in [2.45, 2.75) is 19.1 Å². The summed E-state index contributed by atoms with van der Waals surface area (Å²) in [5, 5.41) is 20.0. The number of carboxylic acid groups (broad SMARTS) is 1. The van der Waals surface area contributed by atoms with Crippen molar-refractivity contribution >= 4 is 11.9 Å². The minimum absolute atomic E-state index is 0.00287. The zero-order chi connectivity index (χ0) is 13.0. The standard InChI is InChI=1S/C11H12FNO4/c1-6(14)9(11(16)17)13-10(15)7-3-2-4-8(12)5-7/h2-6,9,14H,1H3,(H,13,15)(H,16,17). The highest BCUT2D eigenvalue weighted by atomic mass is 19.1. The van der Waals surface area contributed by atoms with Crippen molar-refractivity contribution in [3.63, 3.8) is 0 Å². The average Bonchev–Trinajstić information content (AvgIpc) is 2.24. The second-order valence-electron chi connectivity index (χ2n) is 3.54. The summed E-state index contributed by atoms with van der Waals surface area (Å²) >= 11 is 0. The topological polar surface area (TPSA) is 86.6 Å². The van der Waals surface area contributed by atoms with Crippen LogP contribution in [0.4, 0.5) is 4.39 Å². The molecule has 5 nitrogen and oxygen atoms in total. The SMILES string of the molecule is CC(O)C(NC(=O)c1cccc(F)c1)C(=O)O. The first-order valence-corrected chi connectivity index (χ1v) is 4.89. The van der Waals surface area contributed by atoms with Gasteiger partial charge in [0.05, 0.1) is 6.10 Å². The van der Waals surface area contributed by atoms with Crippen LogP contribution >= 0.6 is 0 Å². The van der Waals surface area contributed by atoms with E-state index in [0.717, 1.165) is 6.07 Å². The number of hydrogen-bond donors (Lipinski definition) is 3. The van der Waals surface area contributed by atoms with Gasteiger partial charge in [0.1, 0.15) is 5.82 Å². The van der Waals surface area contributed by atoms with E-state index in [2.05, 4.69) is 5.32 Å². The van der Waals surface area contributed by atoms with Gasteiger partial charge in [0, 0.05) is 5.56 Å². The number of nitrogens with one attached hydrogen (secondary N) is 1. The van der Waals surface area contributed by atoms with E-state index in [1.807, 2.05) is 0 Å². The molecule has 1 aromatic carbocycles. The van der Waals surface area contributed by atoms with Gasteiger partial charge in [-0.05, 0) is 25.1 Å². The van der Waals surface area contributed by atoms with Gasteiger partial charge in [-0.3, -0.25) is 4.79 Å². The molecule has 92 valence electrons. The Kier molecular flexibility index (Phi) is 4.17. The summed E-state index contributed by atoms with van der Waals surface area (Å²) in [5.74, 6) is -2.70. The van der Waals surface area contributed by atoms with Gasteiger partial charge in [0.15, 0.2) is 6.04 Å². The van der Waals surface area contributed by atoms with Gasteiger partial charge in [0.2, 0.25) is 0 Å². The molecule has 2 atom stereocenters. The molecule has 0 aliphatic carbocycles. The van der Waals surface area contributed by atoms with E-state index in [1.54, 1.807) is 0 Å². The van der Waals surface area contributed by atoms with E-state index in [9.17, 15) is 14.0 Å². The van der Waals surface area contributed by atoms with Crippen LogP contribution in [0.2, 0.25) is 0 Å². The molecule has 0 aromatic heterocycles. The molecule has 0 bridgehead atoms. The Labute approximate surface area is 96.9 Å². The Hall–Kier alpha value is -1.95. The van der Waals surface area contributed by atoms with Gasteiger partial charge in [-0.25, -0.2) is 9.18 Å². The van der Waals surface area contributed by atoms with E-state index < -0.39 is 29.8 Å². The normalized spacial score (nSPS) is 13.8. The first kappa shape index (κ1) is 13.1. The van der Waals surface area contributed by atoms with Crippen LogP contribution in [0.15, 0.2) is 24.3 Å². The molecule has 0 radical (unpaired) electrons. The highest BCUT2D eigenvalue weighted by molar-refractivity contribution is 5.96. The molecule has 0 heterocycles. The van der Waals surface area contributed by atoms with Crippen molar-refractivity contribution in [3.05, 3.63) is 35.6 Å². The number of carboxylic acids is 1. The summed E-state index contributed by atoms with van der Waals surface area (Å²) in [4.78, 5) is 22.3. The predicted octanol–water partition coefficient (Wildman–Crippen LogP) is 0.389. The number of carbonyl (C=O) groups is 2. The van der Waals surface area contributed by atoms with E-state index in [4.69, 9.17) is 10.2 Å². The predicted molar refractivity (Wildman–Crippen MR) is 57.0 cm³/mol. The molecule has 0 saturated heterocycles. The summed E-state index contributed by atoms with van der Waals surface area (Å²) in [6.07, 6.45) is -1.25. The minimum Gasteiger partial charge on any atom is -0.480 e. The number of aliphatic hydroxyl groups is 1. The third-order valence-electron chi connectivity index (χ3n) is 2.12. The zero-order valence-corrected chi connectivity index (χ0v) is 9.05. The number of halogens is 1. The maximum atomic E-state index is 12.8. The molecule has 17 heavy (non-hydrogen) atoms. The van der Waals surface area contributed by atoms with Crippen molar-refractivity contribution in [1.29, 1.82) is 0 Å². The summed E-state index contributed by atoms with van der Waals surface area (Å²) in [5.41, 5.74) is -0.00287. The number of aliphatic carboxylic acids is 1. The lowest BCUT2D eigenvalue weighted by Crippen LogP contribution is -2.47. The second kappa shape index (κ2) is 5.40. The van der Waals surface area contributed by atoms with Crippen LogP contribution in [0.25, 0.3) is 0 Å². The van der Waals surface area contributed by atoms with Gasteiger partial charge in [-0.15, -0.1) is 0 Å². The van der Waals surface area contributed by atoms with E-state index in [0.29, 0.717) is 0 Å². The van der Waals surface area contributed by atoms with Gasteiger partial charge in [-0.1, -0.05) is 6.07 Å². The molecule has 0 saturated carbocycles. The molecule has 0 spiro atoms. The van der Waals surface area contributed by atoms with Gasteiger partial charge in [-0.2, -0.15) is 0 Å². The Morgan fingerprint density at radius 1 is 1.41 bits per heavy atom. The maximum Gasteiger partial charge on any atom is 0.328 e. The van der Waals surface area contributed by atoms with E-state index in [-0.39, 0.29) is 5.56 Å². The van der Waals surface area contributed by atoms with E-state index >= 15 is 0 Å². The van der Waals surface area contributed by atoms with Crippen molar-refractivity contribution < 1.29 is 24.2 Å². The number of rotatable bonds is 4. The lowest BCUT2D eigenvalue weighted by molar-refractivity contribution is -0.141. The molecule has 6 heteroatoms. The Bertz CT molecular complexity index is 433. The van der Waals surface area contributed by atoms with Crippen LogP contribution in [0.1, 0.15) is 17.3 Å².